The fourth-order valence-electron chi connectivity index (χ4n) is 3.54. The van der Waals surface area contributed by atoms with Crippen LogP contribution in [0, 0.1) is 24.1 Å². The third kappa shape index (κ3) is 4.48. The molecule has 0 spiro atoms. The van der Waals surface area contributed by atoms with E-state index >= 15 is 0 Å². The van der Waals surface area contributed by atoms with Crippen molar-refractivity contribution in [1.82, 2.24) is 19.3 Å². The highest BCUT2D eigenvalue weighted by Crippen LogP contribution is 2.36. The summed E-state index contributed by atoms with van der Waals surface area (Å²) in [7, 11) is -4.52. The van der Waals surface area contributed by atoms with E-state index in [0.29, 0.717) is 29.2 Å². The van der Waals surface area contributed by atoms with Gasteiger partial charge >= 0.3 is 6.18 Å². The van der Waals surface area contributed by atoms with Gasteiger partial charge in [-0.3, -0.25) is 9.55 Å². The van der Waals surface area contributed by atoms with Gasteiger partial charge in [0.25, 0.3) is 0 Å². The third-order valence-corrected chi connectivity index (χ3v) is 6.88. The molecule has 12 heteroatoms. The largest absolute Gasteiger partial charge is 0.404 e. The second-order valence-electron chi connectivity index (χ2n) is 7.74. The Bertz CT molecular complexity index is 1560. The number of fused-ring (bicyclic) bond motifs is 1. The maximum atomic E-state index is 14.5. The van der Waals surface area contributed by atoms with Gasteiger partial charge in [0.05, 0.1) is 22.5 Å². The first-order valence-electron chi connectivity index (χ1n) is 10.2. The Morgan fingerprint density at radius 2 is 1.89 bits per heavy atom. The van der Waals surface area contributed by atoms with Gasteiger partial charge in [-0.2, -0.15) is 23.2 Å². The van der Waals surface area contributed by atoms with Crippen LogP contribution in [0.4, 0.5) is 17.6 Å². The summed E-state index contributed by atoms with van der Waals surface area (Å²) in [5.74, 6) is -0.140. The molecule has 0 radical (unpaired) electrons. The summed E-state index contributed by atoms with van der Waals surface area (Å²) < 4.78 is 80.8. The number of hydrogen-bond acceptors (Lipinski definition) is 5. The van der Waals surface area contributed by atoms with Gasteiger partial charge < -0.3 is 0 Å². The zero-order chi connectivity index (χ0) is 25.5. The smallest absolute Gasteiger partial charge is 0.291 e. The Labute approximate surface area is 197 Å². The molecule has 1 N–H and O–H groups in total. The van der Waals surface area contributed by atoms with E-state index in [-0.39, 0.29) is 17.0 Å². The molecule has 0 aliphatic heterocycles. The zero-order valence-corrected chi connectivity index (χ0v) is 19.1. The van der Waals surface area contributed by atoms with Crippen LogP contribution in [0.25, 0.3) is 28.1 Å². The number of nitriles is 1. The summed E-state index contributed by atoms with van der Waals surface area (Å²) >= 11 is 0. The lowest BCUT2D eigenvalue weighted by Gasteiger charge is -2.17. The van der Waals surface area contributed by atoms with Crippen LogP contribution < -0.4 is 4.72 Å². The van der Waals surface area contributed by atoms with Crippen LogP contribution in [0.3, 0.4) is 0 Å². The molecular formula is C23H17F4N5O2S. The number of hydrogen-bond donors (Lipinski definition) is 1. The molecule has 1 unspecified atom stereocenters. The Morgan fingerprint density at radius 1 is 1.14 bits per heavy atom. The molecule has 7 nitrogen and oxygen atoms in total. The summed E-state index contributed by atoms with van der Waals surface area (Å²) in [6, 6.07) is 9.95. The second-order valence-corrected chi connectivity index (χ2v) is 9.46. The molecule has 0 bridgehead atoms. The number of alkyl halides is 3. The Balaban J connectivity index is 1.90. The number of nitrogens with zero attached hydrogens (tertiary/aromatic N) is 4. The van der Waals surface area contributed by atoms with E-state index in [1.54, 1.807) is 29.8 Å². The molecule has 1 atom stereocenters. The van der Waals surface area contributed by atoms with Crippen molar-refractivity contribution in [2.45, 2.75) is 31.0 Å². The van der Waals surface area contributed by atoms with Crippen LogP contribution in [-0.2, 0) is 10.0 Å². The lowest BCUT2D eigenvalue weighted by atomic mass is 10.1. The van der Waals surface area contributed by atoms with Crippen LogP contribution >= 0.6 is 0 Å². The standard InChI is InChI=1S/C23H17F4N5O2S/c1-13-9-16-17(11-28)22(32(20(16)10-18(13)24)21-5-3-4-8-29-21)19-7-6-15(12-30-19)35(33,34)31-14(2)23(25,26)27/h3-10,12,14,31H,1-2H3. The molecule has 4 aromatic rings. The Morgan fingerprint density at radius 3 is 2.46 bits per heavy atom. The van der Waals surface area contributed by atoms with Crippen molar-refractivity contribution in [2.24, 2.45) is 0 Å². The van der Waals surface area contributed by atoms with Crippen molar-refractivity contribution in [3.63, 3.8) is 0 Å². The van der Waals surface area contributed by atoms with E-state index in [0.717, 1.165) is 12.3 Å². The first kappa shape index (κ1) is 24.3. The van der Waals surface area contributed by atoms with Gasteiger partial charge in [0.1, 0.15) is 28.6 Å². The first-order valence-corrected chi connectivity index (χ1v) is 11.6. The monoisotopic (exact) mass is 503 g/mol. The Kier molecular flexibility index (Phi) is 6.08. The molecular weight excluding hydrogens is 486 g/mol. The number of aromatic nitrogens is 3. The zero-order valence-electron chi connectivity index (χ0n) is 18.3. The van der Waals surface area contributed by atoms with Gasteiger partial charge in [0.15, 0.2) is 0 Å². The topological polar surface area (TPSA) is 101 Å². The molecule has 0 aliphatic carbocycles. The molecule has 0 aliphatic rings. The molecule has 0 amide bonds. The molecule has 35 heavy (non-hydrogen) atoms. The normalized spacial score (nSPS) is 13.1. The fraction of sp³-hybridized carbons (Fsp3) is 0.174. The average Bonchev–Trinajstić information content (AvgIpc) is 3.12. The lowest BCUT2D eigenvalue weighted by Crippen LogP contribution is -2.42. The molecule has 4 rings (SSSR count). The second kappa shape index (κ2) is 8.75. The van der Waals surface area contributed by atoms with E-state index < -0.39 is 33.0 Å². The molecule has 3 aromatic heterocycles. The minimum Gasteiger partial charge on any atom is -0.291 e. The van der Waals surface area contributed by atoms with E-state index in [2.05, 4.69) is 16.0 Å². The van der Waals surface area contributed by atoms with E-state index in [4.69, 9.17) is 0 Å². The predicted octanol–water partition coefficient (Wildman–Crippen LogP) is 4.64. The highest BCUT2D eigenvalue weighted by molar-refractivity contribution is 7.89. The van der Waals surface area contributed by atoms with Crippen LogP contribution in [0.15, 0.2) is 59.8 Å². The van der Waals surface area contributed by atoms with Gasteiger partial charge in [0, 0.05) is 17.8 Å². The summed E-state index contributed by atoms with van der Waals surface area (Å²) in [6.45, 7) is 2.24. The number of halogens is 4. The minimum absolute atomic E-state index is 0.143. The first-order chi connectivity index (χ1) is 16.4. The number of sulfonamides is 1. The molecule has 0 saturated carbocycles. The molecule has 180 valence electrons. The minimum atomic E-state index is -4.76. The van der Waals surface area contributed by atoms with Crippen molar-refractivity contribution in [3.05, 3.63) is 71.8 Å². The lowest BCUT2D eigenvalue weighted by molar-refractivity contribution is -0.147. The van der Waals surface area contributed by atoms with Crippen molar-refractivity contribution in [1.29, 1.82) is 5.26 Å². The molecule has 3 heterocycles. The SMILES string of the molecule is Cc1cc2c(C#N)c(-c3ccc(S(=O)(=O)NC(C)C(F)(F)F)cn3)n(-c3ccccn3)c2cc1F. The molecule has 0 saturated heterocycles. The average molecular weight is 503 g/mol. The Hall–Kier alpha value is -3.82. The number of aryl methyl sites for hydroxylation is 1. The summed E-state index contributed by atoms with van der Waals surface area (Å²) in [5, 5.41) is 10.4. The maximum absolute atomic E-state index is 14.5. The number of pyridine rings is 2. The van der Waals surface area contributed by atoms with E-state index in [1.165, 1.54) is 29.0 Å². The van der Waals surface area contributed by atoms with E-state index in [9.17, 15) is 31.2 Å². The van der Waals surface area contributed by atoms with Crippen molar-refractivity contribution >= 4 is 20.9 Å². The van der Waals surface area contributed by atoms with Gasteiger partial charge in [-0.05, 0) is 55.8 Å². The van der Waals surface area contributed by atoms with Crippen molar-refractivity contribution < 1.29 is 26.0 Å². The predicted molar refractivity (Wildman–Crippen MR) is 120 cm³/mol. The van der Waals surface area contributed by atoms with Gasteiger partial charge in [0.2, 0.25) is 10.0 Å². The third-order valence-electron chi connectivity index (χ3n) is 5.35. The summed E-state index contributed by atoms with van der Waals surface area (Å²) in [5.41, 5.74) is 1.19. The van der Waals surface area contributed by atoms with E-state index in [1.807, 2.05) is 0 Å². The van der Waals surface area contributed by atoms with Gasteiger partial charge in [-0.1, -0.05) is 6.07 Å². The molecule has 1 aromatic carbocycles. The number of nitrogens with one attached hydrogen (secondary N) is 1. The highest BCUT2D eigenvalue weighted by atomic mass is 32.2. The summed E-state index contributed by atoms with van der Waals surface area (Å²) in [6.07, 6.45) is -2.36. The highest BCUT2D eigenvalue weighted by Gasteiger charge is 2.39. The number of rotatable bonds is 5. The van der Waals surface area contributed by atoms with Crippen molar-refractivity contribution in [2.75, 3.05) is 0 Å². The number of benzene rings is 1. The van der Waals surface area contributed by atoms with Crippen LogP contribution in [0.1, 0.15) is 18.1 Å². The fourth-order valence-corrected chi connectivity index (χ4v) is 4.72. The maximum Gasteiger partial charge on any atom is 0.404 e. The van der Waals surface area contributed by atoms with Crippen LogP contribution in [-0.4, -0.2) is 35.2 Å². The quantitative estimate of drug-likeness (QED) is 0.400. The van der Waals surface area contributed by atoms with Gasteiger partial charge in [-0.25, -0.2) is 17.8 Å². The van der Waals surface area contributed by atoms with Crippen LogP contribution in [0.2, 0.25) is 0 Å². The molecule has 0 fully saturated rings. The van der Waals surface area contributed by atoms with Gasteiger partial charge in [-0.15, -0.1) is 0 Å². The summed E-state index contributed by atoms with van der Waals surface area (Å²) in [4.78, 5) is 7.93. The van der Waals surface area contributed by atoms with Crippen molar-refractivity contribution in [3.8, 4) is 23.3 Å². The van der Waals surface area contributed by atoms with Crippen LogP contribution in [0.5, 0.6) is 0 Å².